The SMILES string of the molecule is CC(C)OC(=O)[C@H](C)NP(=O)(Oc1ccccc1)N1CCC(NC(=O)c2nn(C(=O)[C@@H](N)C(C)C)cc2CC(=O)c2c(Cl)cccc2Cl)CC1. The van der Waals surface area contributed by atoms with Crippen LogP contribution in [0.5, 0.6) is 5.75 Å². The third kappa shape index (κ3) is 9.80. The lowest BCUT2D eigenvalue weighted by Crippen LogP contribution is -2.47. The number of piperidine rings is 1. The summed E-state index contributed by atoms with van der Waals surface area (Å²) in [5, 5.41) is 10.4. The molecule has 1 unspecified atom stereocenters. The van der Waals surface area contributed by atoms with Gasteiger partial charge in [0.05, 0.1) is 27.8 Å². The lowest BCUT2D eigenvalue weighted by atomic mass is 10.0. The molecule has 1 aromatic heterocycles. The van der Waals surface area contributed by atoms with Crippen molar-refractivity contribution in [2.75, 3.05) is 13.1 Å². The number of ether oxygens (including phenoxy) is 1. The van der Waals surface area contributed by atoms with Gasteiger partial charge in [-0.25, -0.2) is 19.0 Å². The van der Waals surface area contributed by atoms with E-state index in [2.05, 4.69) is 15.5 Å². The molecule has 0 spiro atoms. The number of amides is 1. The smallest absolute Gasteiger partial charge is 0.393 e. The summed E-state index contributed by atoms with van der Waals surface area (Å²) < 4.78 is 28.3. The number of nitrogens with zero attached hydrogens (tertiary/aromatic N) is 3. The van der Waals surface area contributed by atoms with Gasteiger partial charge in [-0.15, -0.1) is 0 Å². The average molecular weight is 750 g/mol. The first-order valence-corrected chi connectivity index (χ1v) is 18.7. The summed E-state index contributed by atoms with van der Waals surface area (Å²) in [5.74, 6) is -2.03. The Hall–Kier alpha value is -3.58. The Morgan fingerprint density at radius 1 is 0.980 bits per heavy atom. The fourth-order valence-corrected chi connectivity index (χ4v) is 7.96. The normalized spacial score (nSPS) is 16.4. The van der Waals surface area contributed by atoms with Crippen LogP contribution in [0.2, 0.25) is 10.0 Å². The number of ketones is 1. The molecule has 4 rings (SSSR count). The quantitative estimate of drug-likeness (QED) is 0.107. The Morgan fingerprint density at radius 3 is 2.18 bits per heavy atom. The molecule has 2 heterocycles. The average Bonchev–Trinajstić information content (AvgIpc) is 3.48. The summed E-state index contributed by atoms with van der Waals surface area (Å²) in [6.45, 7) is 9.05. The Labute approximate surface area is 301 Å². The zero-order valence-electron chi connectivity index (χ0n) is 28.6. The molecule has 3 aromatic rings. The zero-order valence-corrected chi connectivity index (χ0v) is 31.0. The number of nitrogens with two attached hydrogens (primary N) is 1. The van der Waals surface area contributed by atoms with Crippen LogP contribution in [0.25, 0.3) is 0 Å². The molecule has 1 fully saturated rings. The van der Waals surface area contributed by atoms with Gasteiger partial charge in [0.25, 0.3) is 11.8 Å². The monoisotopic (exact) mass is 748 g/mol. The topological polar surface area (TPSA) is 175 Å². The van der Waals surface area contributed by atoms with Crippen molar-refractivity contribution in [2.24, 2.45) is 11.7 Å². The molecule has 16 heteroatoms. The number of hydrogen-bond acceptors (Lipinski definition) is 9. The van der Waals surface area contributed by atoms with Crippen LogP contribution >= 0.6 is 30.9 Å². The van der Waals surface area contributed by atoms with E-state index in [0.717, 1.165) is 4.68 Å². The van der Waals surface area contributed by atoms with Crippen LogP contribution in [-0.4, -0.2) is 75.3 Å². The summed E-state index contributed by atoms with van der Waals surface area (Å²) in [6, 6.07) is 11.1. The first-order chi connectivity index (χ1) is 23.6. The van der Waals surface area contributed by atoms with Crippen molar-refractivity contribution >= 4 is 54.4 Å². The van der Waals surface area contributed by atoms with E-state index in [1.54, 1.807) is 75.7 Å². The number of carbonyl (C=O) groups excluding carboxylic acids is 4. The van der Waals surface area contributed by atoms with Gasteiger partial charge in [-0.3, -0.25) is 19.2 Å². The highest BCUT2D eigenvalue weighted by Crippen LogP contribution is 2.48. The molecule has 0 radical (unpaired) electrons. The van der Waals surface area contributed by atoms with E-state index in [0.29, 0.717) is 18.6 Å². The third-order valence-electron chi connectivity index (χ3n) is 8.04. The zero-order chi connectivity index (χ0) is 36.7. The van der Waals surface area contributed by atoms with Gasteiger partial charge in [-0.2, -0.15) is 5.10 Å². The maximum absolute atomic E-state index is 14.4. The van der Waals surface area contributed by atoms with Crippen molar-refractivity contribution in [3.8, 4) is 5.75 Å². The number of para-hydroxylation sites is 1. The van der Waals surface area contributed by atoms with Crippen LogP contribution in [0.1, 0.15) is 78.7 Å². The Balaban J connectivity index is 1.52. The van der Waals surface area contributed by atoms with Gasteiger partial charge >= 0.3 is 13.6 Å². The summed E-state index contributed by atoms with van der Waals surface area (Å²) in [5.41, 5.74) is 6.26. The van der Waals surface area contributed by atoms with E-state index in [9.17, 15) is 23.7 Å². The van der Waals surface area contributed by atoms with Gasteiger partial charge in [-0.05, 0) is 63.8 Å². The molecule has 50 heavy (non-hydrogen) atoms. The first kappa shape index (κ1) is 39.2. The van der Waals surface area contributed by atoms with Gasteiger partial charge < -0.3 is 20.3 Å². The second-order valence-electron chi connectivity index (χ2n) is 12.7. The second-order valence-corrected chi connectivity index (χ2v) is 15.6. The standard InChI is InChI=1S/C34H43Cl2N6O7P/c1-20(2)30(37)33(45)42-19-23(18-28(43)29-26(35)12-9-13-27(29)36)31(39-42)32(44)38-24-14-16-41(17-15-24)50(47,49-25-10-7-6-8-11-25)40-22(5)34(46)48-21(3)4/h6-13,19-22,24,30H,14-18,37H2,1-5H3,(H,38,44)(H,40,47)/t22-,30-,50?/m0/s1. The Morgan fingerprint density at radius 2 is 1.60 bits per heavy atom. The van der Waals surface area contributed by atoms with Crippen LogP contribution in [0.4, 0.5) is 0 Å². The maximum Gasteiger partial charge on any atom is 0.393 e. The van der Waals surface area contributed by atoms with Gasteiger partial charge in [0, 0.05) is 37.3 Å². The minimum atomic E-state index is -3.83. The van der Waals surface area contributed by atoms with Crippen LogP contribution in [0.15, 0.2) is 54.7 Å². The number of benzene rings is 2. The number of esters is 1. The summed E-state index contributed by atoms with van der Waals surface area (Å²) in [7, 11) is -3.83. The maximum atomic E-state index is 14.4. The van der Waals surface area contributed by atoms with Crippen LogP contribution in [0.3, 0.4) is 0 Å². The summed E-state index contributed by atoms with van der Waals surface area (Å²) in [4.78, 5) is 52.7. The molecule has 1 aliphatic rings. The van der Waals surface area contributed by atoms with Gasteiger partial charge in [-0.1, -0.05) is 61.3 Å². The van der Waals surface area contributed by atoms with E-state index >= 15 is 0 Å². The van der Waals surface area contributed by atoms with Gasteiger partial charge in [0.15, 0.2) is 11.5 Å². The molecule has 2 aromatic carbocycles. The van der Waals surface area contributed by atoms with Crippen LogP contribution in [-0.2, 0) is 20.5 Å². The number of nitrogens with one attached hydrogen (secondary N) is 2. The number of halogens is 2. The van der Waals surface area contributed by atoms with Crippen molar-refractivity contribution in [3.05, 3.63) is 81.6 Å². The van der Waals surface area contributed by atoms with Crippen molar-refractivity contribution in [2.45, 2.75) is 78.1 Å². The van der Waals surface area contributed by atoms with E-state index in [1.807, 2.05) is 0 Å². The van der Waals surface area contributed by atoms with Crippen molar-refractivity contribution in [3.63, 3.8) is 0 Å². The van der Waals surface area contributed by atoms with Crippen molar-refractivity contribution in [1.29, 1.82) is 0 Å². The number of carbonyl (C=O) groups is 4. The second kappa shape index (κ2) is 17.1. The summed E-state index contributed by atoms with van der Waals surface area (Å²) in [6.07, 6.45) is 1.39. The highest BCUT2D eigenvalue weighted by Gasteiger charge is 2.40. The minimum Gasteiger partial charge on any atom is -0.462 e. The lowest BCUT2D eigenvalue weighted by molar-refractivity contribution is -0.149. The molecule has 1 amide bonds. The Bertz CT molecular complexity index is 1720. The van der Waals surface area contributed by atoms with E-state index in [4.69, 9.17) is 38.2 Å². The largest absolute Gasteiger partial charge is 0.462 e. The van der Waals surface area contributed by atoms with Crippen LogP contribution in [0, 0.1) is 5.92 Å². The van der Waals surface area contributed by atoms with Gasteiger partial charge in [0.1, 0.15) is 11.8 Å². The predicted octanol–water partition coefficient (Wildman–Crippen LogP) is 5.55. The number of aromatic nitrogens is 2. The first-order valence-electron chi connectivity index (χ1n) is 16.3. The molecule has 270 valence electrons. The molecule has 4 N–H and O–H groups in total. The molecular formula is C34H43Cl2N6O7P. The van der Waals surface area contributed by atoms with E-state index in [1.165, 1.54) is 18.3 Å². The number of hydrogen-bond donors (Lipinski definition) is 3. The van der Waals surface area contributed by atoms with E-state index in [-0.39, 0.29) is 64.4 Å². The van der Waals surface area contributed by atoms with Gasteiger partial charge in [0.2, 0.25) is 0 Å². The lowest BCUT2D eigenvalue weighted by Gasteiger charge is -2.37. The number of rotatable bonds is 14. The molecule has 3 atom stereocenters. The minimum absolute atomic E-state index is 0.0927. The molecule has 0 bridgehead atoms. The van der Waals surface area contributed by atoms with Crippen molar-refractivity contribution in [1.82, 2.24) is 24.9 Å². The molecule has 0 saturated carbocycles. The summed E-state index contributed by atoms with van der Waals surface area (Å²) >= 11 is 12.5. The fraction of sp³-hybridized carbons (Fsp3) is 0.441. The fourth-order valence-electron chi connectivity index (χ4n) is 5.26. The Kier molecular flexibility index (Phi) is 13.4. The predicted molar refractivity (Wildman–Crippen MR) is 191 cm³/mol. The van der Waals surface area contributed by atoms with Crippen molar-refractivity contribution < 1.29 is 33.0 Å². The van der Waals surface area contributed by atoms with Crippen LogP contribution < -0.4 is 20.7 Å². The third-order valence-corrected chi connectivity index (χ3v) is 11.0. The van der Waals surface area contributed by atoms with E-state index < -0.39 is 43.3 Å². The molecule has 1 saturated heterocycles. The highest BCUT2D eigenvalue weighted by molar-refractivity contribution is 7.54. The molecule has 13 nitrogen and oxygen atoms in total. The highest BCUT2D eigenvalue weighted by atomic mass is 35.5. The molecule has 0 aliphatic carbocycles. The molecule has 1 aliphatic heterocycles. The molecular weight excluding hydrogens is 706 g/mol. The number of Topliss-reactive ketones (excluding diaryl/α,β-unsaturated/α-hetero) is 1.